The van der Waals surface area contributed by atoms with Crippen LogP contribution in [0, 0.1) is 12.8 Å². The molecule has 1 atom stereocenters. The third kappa shape index (κ3) is 5.55. The van der Waals surface area contributed by atoms with Gasteiger partial charge in [0, 0.05) is 6.54 Å². The van der Waals surface area contributed by atoms with Gasteiger partial charge in [-0.05, 0) is 18.9 Å². The molecular weight excluding hydrogens is 242 g/mol. The van der Waals surface area contributed by atoms with Gasteiger partial charge in [-0.3, -0.25) is 9.59 Å². The highest BCUT2D eigenvalue weighted by Crippen LogP contribution is 2.06. The minimum Gasteiger partial charge on any atom is -0.481 e. The molecule has 0 aliphatic rings. The lowest BCUT2D eigenvalue weighted by Crippen LogP contribution is -2.33. The summed E-state index contributed by atoms with van der Waals surface area (Å²) in [5, 5.41) is 11.7. The molecule has 1 aromatic carbocycles. The zero-order valence-corrected chi connectivity index (χ0v) is 11.5. The lowest BCUT2D eigenvalue weighted by molar-refractivity contribution is -0.141. The molecule has 0 radical (unpaired) electrons. The summed E-state index contributed by atoms with van der Waals surface area (Å²) in [6.45, 7) is 4.13. The monoisotopic (exact) mass is 263 g/mol. The van der Waals surface area contributed by atoms with Gasteiger partial charge in [-0.1, -0.05) is 43.2 Å². The Balaban J connectivity index is 2.42. The molecule has 0 aliphatic heterocycles. The molecule has 0 fully saturated rings. The number of hydrogen-bond donors (Lipinski definition) is 2. The number of amides is 1. The normalized spacial score (nSPS) is 11.9. The van der Waals surface area contributed by atoms with Crippen LogP contribution in [-0.2, 0) is 16.0 Å². The van der Waals surface area contributed by atoms with Crippen molar-refractivity contribution in [2.45, 2.75) is 33.1 Å². The Hall–Kier alpha value is -1.84. The third-order valence-corrected chi connectivity index (χ3v) is 3.02. The topological polar surface area (TPSA) is 66.4 Å². The van der Waals surface area contributed by atoms with Gasteiger partial charge in [-0.2, -0.15) is 0 Å². The van der Waals surface area contributed by atoms with Crippen LogP contribution in [0.4, 0.5) is 0 Å². The number of aryl methyl sites for hydroxylation is 1. The van der Waals surface area contributed by atoms with Crippen LogP contribution in [0.3, 0.4) is 0 Å². The molecule has 1 rings (SSSR count). The van der Waals surface area contributed by atoms with Gasteiger partial charge in [-0.15, -0.1) is 0 Å². The van der Waals surface area contributed by atoms with Crippen molar-refractivity contribution >= 4 is 11.9 Å². The van der Waals surface area contributed by atoms with Crippen LogP contribution in [0.1, 0.15) is 30.9 Å². The van der Waals surface area contributed by atoms with Crippen LogP contribution in [0.25, 0.3) is 0 Å². The van der Waals surface area contributed by atoms with Crippen LogP contribution < -0.4 is 5.32 Å². The second-order valence-corrected chi connectivity index (χ2v) is 4.79. The van der Waals surface area contributed by atoms with E-state index in [1.807, 2.05) is 38.1 Å². The molecule has 0 saturated carbocycles. The van der Waals surface area contributed by atoms with E-state index in [2.05, 4.69) is 5.32 Å². The van der Waals surface area contributed by atoms with Crippen molar-refractivity contribution in [2.24, 2.45) is 5.92 Å². The van der Waals surface area contributed by atoms with E-state index in [0.717, 1.165) is 17.5 Å². The van der Waals surface area contributed by atoms with E-state index in [0.29, 0.717) is 12.8 Å². The zero-order valence-electron chi connectivity index (χ0n) is 11.5. The van der Waals surface area contributed by atoms with E-state index in [9.17, 15) is 9.59 Å². The van der Waals surface area contributed by atoms with Crippen LogP contribution >= 0.6 is 0 Å². The number of carboxylic acids is 1. The fourth-order valence-electron chi connectivity index (χ4n) is 1.85. The SMILES string of the molecule is CCCC(CNC(=O)Cc1ccc(C)cc1)C(=O)O. The van der Waals surface area contributed by atoms with Crippen molar-refractivity contribution in [1.29, 1.82) is 0 Å². The van der Waals surface area contributed by atoms with E-state index in [4.69, 9.17) is 5.11 Å². The van der Waals surface area contributed by atoms with E-state index in [1.165, 1.54) is 0 Å². The molecule has 1 unspecified atom stereocenters. The van der Waals surface area contributed by atoms with Gasteiger partial charge < -0.3 is 10.4 Å². The van der Waals surface area contributed by atoms with Gasteiger partial charge in [0.25, 0.3) is 0 Å². The van der Waals surface area contributed by atoms with Crippen molar-refractivity contribution < 1.29 is 14.7 Å². The molecule has 19 heavy (non-hydrogen) atoms. The zero-order chi connectivity index (χ0) is 14.3. The number of carbonyl (C=O) groups excluding carboxylic acids is 1. The average Bonchev–Trinajstić information content (AvgIpc) is 2.37. The van der Waals surface area contributed by atoms with E-state index in [-0.39, 0.29) is 12.5 Å². The fourth-order valence-corrected chi connectivity index (χ4v) is 1.85. The summed E-state index contributed by atoms with van der Waals surface area (Å²) < 4.78 is 0. The Morgan fingerprint density at radius 1 is 1.26 bits per heavy atom. The van der Waals surface area contributed by atoms with Gasteiger partial charge >= 0.3 is 5.97 Å². The number of hydrogen-bond acceptors (Lipinski definition) is 2. The van der Waals surface area contributed by atoms with Gasteiger partial charge in [0.2, 0.25) is 5.91 Å². The Kier molecular flexibility index (Phi) is 6.06. The molecule has 0 spiro atoms. The predicted octanol–water partition coefficient (Wildman–Crippen LogP) is 2.15. The summed E-state index contributed by atoms with van der Waals surface area (Å²) in [6.07, 6.45) is 1.67. The second kappa shape index (κ2) is 7.56. The maximum atomic E-state index is 11.7. The first-order chi connectivity index (χ1) is 9.02. The van der Waals surface area contributed by atoms with Crippen molar-refractivity contribution in [2.75, 3.05) is 6.54 Å². The Labute approximate surface area is 113 Å². The summed E-state index contributed by atoms with van der Waals surface area (Å²) in [7, 11) is 0. The number of benzene rings is 1. The maximum Gasteiger partial charge on any atom is 0.308 e. The standard InChI is InChI=1S/C15H21NO3/c1-3-4-13(15(18)19)10-16-14(17)9-12-7-5-11(2)6-8-12/h5-8,13H,3-4,9-10H2,1-2H3,(H,16,17)(H,18,19). The molecule has 0 aliphatic carbocycles. The van der Waals surface area contributed by atoms with Gasteiger partial charge in [0.05, 0.1) is 12.3 Å². The van der Waals surface area contributed by atoms with Crippen molar-refractivity contribution in [3.8, 4) is 0 Å². The predicted molar refractivity (Wildman–Crippen MR) is 73.9 cm³/mol. The van der Waals surface area contributed by atoms with Crippen LogP contribution in [-0.4, -0.2) is 23.5 Å². The molecular formula is C15H21NO3. The molecule has 4 heteroatoms. The maximum absolute atomic E-state index is 11.7. The molecule has 2 N–H and O–H groups in total. The number of carbonyl (C=O) groups is 2. The molecule has 0 bridgehead atoms. The first-order valence-corrected chi connectivity index (χ1v) is 6.58. The lowest BCUT2D eigenvalue weighted by atomic mass is 10.0. The van der Waals surface area contributed by atoms with E-state index < -0.39 is 11.9 Å². The van der Waals surface area contributed by atoms with Crippen molar-refractivity contribution in [1.82, 2.24) is 5.32 Å². The molecule has 104 valence electrons. The van der Waals surface area contributed by atoms with Gasteiger partial charge in [0.15, 0.2) is 0 Å². The Morgan fingerprint density at radius 3 is 2.42 bits per heavy atom. The first-order valence-electron chi connectivity index (χ1n) is 6.58. The fraction of sp³-hybridized carbons (Fsp3) is 0.467. The number of aliphatic carboxylic acids is 1. The third-order valence-electron chi connectivity index (χ3n) is 3.02. The molecule has 1 amide bonds. The molecule has 1 aromatic rings. The minimum atomic E-state index is -0.850. The van der Waals surface area contributed by atoms with Crippen LogP contribution in [0.15, 0.2) is 24.3 Å². The van der Waals surface area contributed by atoms with E-state index >= 15 is 0 Å². The lowest BCUT2D eigenvalue weighted by Gasteiger charge is -2.12. The van der Waals surface area contributed by atoms with Crippen LogP contribution in [0.2, 0.25) is 0 Å². The molecule has 0 heterocycles. The van der Waals surface area contributed by atoms with Crippen molar-refractivity contribution in [3.63, 3.8) is 0 Å². The van der Waals surface area contributed by atoms with Gasteiger partial charge in [0.1, 0.15) is 0 Å². The highest BCUT2D eigenvalue weighted by molar-refractivity contribution is 5.79. The second-order valence-electron chi connectivity index (χ2n) is 4.79. The highest BCUT2D eigenvalue weighted by Gasteiger charge is 2.17. The largest absolute Gasteiger partial charge is 0.481 e. The molecule has 0 aromatic heterocycles. The summed E-state index contributed by atoms with van der Waals surface area (Å²) in [5.41, 5.74) is 2.09. The highest BCUT2D eigenvalue weighted by atomic mass is 16.4. The van der Waals surface area contributed by atoms with Crippen LogP contribution in [0.5, 0.6) is 0 Å². The minimum absolute atomic E-state index is 0.133. The number of carboxylic acid groups (broad SMARTS) is 1. The summed E-state index contributed by atoms with van der Waals surface area (Å²) in [6, 6.07) is 7.74. The number of nitrogens with one attached hydrogen (secondary N) is 1. The average molecular weight is 263 g/mol. The number of rotatable bonds is 7. The smallest absolute Gasteiger partial charge is 0.308 e. The van der Waals surface area contributed by atoms with E-state index in [1.54, 1.807) is 0 Å². The Morgan fingerprint density at radius 2 is 1.89 bits per heavy atom. The Bertz CT molecular complexity index is 426. The molecule has 0 saturated heterocycles. The summed E-state index contributed by atoms with van der Waals surface area (Å²) >= 11 is 0. The first kappa shape index (κ1) is 15.2. The van der Waals surface area contributed by atoms with Crippen molar-refractivity contribution in [3.05, 3.63) is 35.4 Å². The summed E-state index contributed by atoms with van der Waals surface area (Å²) in [5.74, 6) is -1.48. The quantitative estimate of drug-likeness (QED) is 0.792. The molecule has 4 nitrogen and oxygen atoms in total. The van der Waals surface area contributed by atoms with Gasteiger partial charge in [-0.25, -0.2) is 0 Å². The summed E-state index contributed by atoms with van der Waals surface area (Å²) in [4.78, 5) is 22.7.